The molecule has 3 rings (SSSR count). The lowest BCUT2D eigenvalue weighted by molar-refractivity contribution is 0.153. The molecule has 1 aliphatic heterocycles. The van der Waals surface area contributed by atoms with Gasteiger partial charge in [0, 0.05) is 35.2 Å². The molecule has 2 heterocycles. The van der Waals surface area contributed by atoms with Crippen LogP contribution in [0.1, 0.15) is 34.8 Å². The van der Waals surface area contributed by atoms with Gasteiger partial charge in [0.1, 0.15) is 16.5 Å². The Morgan fingerprint density at radius 3 is 2.95 bits per heavy atom. The summed E-state index contributed by atoms with van der Waals surface area (Å²) in [5, 5.41) is 6.46. The summed E-state index contributed by atoms with van der Waals surface area (Å²) < 4.78 is 11.4. The maximum absolute atomic E-state index is 6.13. The van der Waals surface area contributed by atoms with E-state index in [9.17, 15) is 0 Å². The number of aryl methyl sites for hydroxylation is 1. The Balaban J connectivity index is 1.95. The van der Waals surface area contributed by atoms with Gasteiger partial charge in [-0.05, 0) is 20.0 Å². The molecule has 1 aromatic carbocycles. The minimum atomic E-state index is 0.00533. The van der Waals surface area contributed by atoms with Gasteiger partial charge in [-0.1, -0.05) is 6.07 Å². The number of aromatic nitrogens is 1. The zero-order valence-electron chi connectivity index (χ0n) is 11.8. The molecule has 0 aliphatic carbocycles. The summed E-state index contributed by atoms with van der Waals surface area (Å²) in [6, 6.07) is 6.27. The number of thiazole rings is 1. The summed E-state index contributed by atoms with van der Waals surface area (Å²) in [5.41, 5.74) is 2.23. The summed E-state index contributed by atoms with van der Waals surface area (Å²) in [5.74, 6) is 1.70. The zero-order chi connectivity index (χ0) is 14.1. The topological polar surface area (TPSA) is 43.4 Å². The molecule has 1 aliphatic rings. The van der Waals surface area contributed by atoms with Gasteiger partial charge < -0.3 is 14.8 Å². The molecule has 2 unspecified atom stereocenters. The van der Waals surface area contributed by atoms with Crippen LogP contribution in [0.2, 0.25) is 0 Å². The third-order valence-electron chi connectivity index (χ3n) is 3.58. The first-order valence-corrected chi connectivity index (χ1v) is 7.53. The predicted molar refractivity (Wildman–Crippen MR) is 79.6 cm³/mol. The van der Waals surface area contributed by atoms with Crippen molar-refractivity contribution in [3.8, 4) is 11.5 Å². The Morgan fingerprint density at radius 2 is 2.30 bits per heavy atom. The highest BCUT2D eigenvalue weighted by Gasteiger charge is 2.30. The third kappa shape index (κ3) is 2.39. The Hall–Kier alpha value is -1.59. The zero-order valence-corrected chi connectivity index (χ0v) is 12.7. The average molecular weight is 290 g/mol. The second-order valence-electron chi connectivity index (χ2n) is 4.91. The van der Waals surface area contributed by atoms with Crippen LogP contribution in [0, 0.1) is 6.92 Å². The van der Waals surface area contributed by atoms with E-state index < -0.39 is 0 Å². The van der Waals surface area contributed by atoms with Gasteiger partial charge in [0.2, 0.25) is 0 Å². The van der Waals surface area contributed by atoms with Crippen molar-refractivity contribution in [2.45, 2.75) is 25.5 Å². The number of nitrogens with one attached hydrogen (secondary N) is 1. The lowest BCUT2D eigenvalue weighted by Gasteiger charge is -2.31. The van der Waals surface area contributed by atoms with E-state index in [1.807, 2.05) is 26.1 Å². The molecule has 0 bridgehead atoms. The van der Waals surface area contributed by atoms with Crippen molar-refractivity contribution >= 4 is 11.3 Å². The maximum atomic E-state index is 6.13. The van der Waals surface area contributed by atoms with E-state index in [0.717, 1.165) is 28.6 Å². The number of hydrogen-bond donors (Lipinski definition) is 1. The molecule has 0 amide bonds. The molecule has 106 valence electrons. The predicted octanol–water partition coefficient (Wildman–Crippen LogP) is 3.24. The van der Waals surface area contributed by atoms with Crippen molar-refractivity contribution < 1.29 is 9.47 Å². The Kier molecular flexibility index (Phi) is 3.63. The summed E-state index contributed by atoms with van der Waals surface area (Å²) in [6.45, 7) is 2.01. The normalized spacial score (nSPS) is 21.1. The van der Waals surface area contributed by atoms with E-state index in [2.05, 4.69) is 21.7 Å². The standard InChI is InChI=1S/C15H18N2O2S/c1-9-8-20-15(17-9)14-7-12(16-2)11-5-4-10(18-3)6-13(11)19-14/h4-6,8,12,14,16H,7H2,1-3H3. The van der Waals surface area contributed by atoms with Gasteiger partial charge >= 0.3 is 0 Å². The van der Waals surface area contributed by atoms with E-state index in [1.54, 1.807) is 18.4 Å². The second kappa shape index (κ2) is 5.42. The van der Waals surface area contributed by atoms with Crippen LogP contribution < -0.4 is 14.8 Å². The van der Waals surface area contributed by atoms with Crippen LogP contribution >= 0.6 is 11.3 Å². The van der Waals surface area contributed by atoms with Crippen LogP contribution in [0.4, 0.5) is 0 Å². The fourth-order valence-electron chi connectivity index (χ4n) is 2.52. The molecule has 0 spiro atoms. The van der Waals surface area contributed by atoms with E-state index in [1.165, 1.54) is 5.56 Å². The van der Waals surface area contributed by atoms with Gasteiger partial charge in [0.15, 0.2) is 6.10 Å². The minimum absolute atomic E-state index is 0.00533. The number of nitrogens with zero attached hydrogens (tertiary/aromatic N) is 1. The second-order valence-corrected chi connectivity index (χ2v) is 5.80. The van der Waals surface area contributed by atoms with Crippen LogP contribution in [0.5, 0.6) is 11.5 Å². The Bertz CT molecular complexity index is 612. The molecule has 5 heteroatoms. The number of methoxy groups -OCH3 is 1. The lowest BCUT2D eigenvalue weighted by Crippen LogP contribution is -2.26. The molecule has 1 aromatic heterocycles. The molecule has 2 aromatic rings. The quantitative estimate of drug-likeness (QED) is 0.942. The van der Waals surface area contributed by atoms with Gasteiger partial charge in [0.05, 0.1) is 7.11 Å². The highest BCUT2D eigenvalue weighted by atomic mass is 32.1. The number of benzene rings is 1. The van der Waals surface area contributed by atoms with Gasteiger partial charge in [-0.25, -0.2) is 4.98 Å². The summed E-state index contributed by atoms with van der Waals surface area (Å²) in [6.07, 6.45) is 0.897. The van der Waals surface area contributed by atoms with Gasteiger partial charge in [-0.2, -0.15) is 0 Å². The molecule has 0 fully saturated rings. The minimum Gasteiger partial charge on any atom is -0.497 e. The van der Waals surface area contributed by atoms with Crippen LogP contribution in [-0.4, -0.2) is 19.1 Å². The SMILES string of the molecule is CNC1CC(c2nc(C)cs2)Oc2cc(OC)ccc21. The van der Waals surface area contributed by atoms with Crippen molar-refractivity contribution in [2.75, 3.05) is 14.2 Å². The van der Waals surface area contributed by atoms with E-state index in [4.69, 9.17) is 9.47 Å². The Labute approximate surface area is 122 Å². The number of fused-ring (bicyclic) bond motifs is 1. The van der Waals surface area contributed by atoms with E-state index in [0.29, 0.717) is 0 Å². The fourth-order valence-corrected chi connectivity index (χ4v) is 3.36. The lowest BCUT2D eigenvalue weighted by atomic mass is 9.96. The maximum Gasteiger partial charge on any atom is 0.152 e. The molecule has 0 saturated carbocycles. The molecular formula is C15H18N2O2S. The summed E-state index contributed by atoms with van der Waals surface area (Å²) >= 11 is 1.66. The van der Waals surface area contributed by atoms with Crippen LogP contribution in [0.15, 0.2) is 23.6 Å². The Morgan fingerprint density at radius 1 is 1.45 bits per heavy atom. The fraction of sp³-hybridized carbons (Fsp3) is 0.400. The molecule has 20 heavy (non-hydrogen) atoms. The number of ether oxygens (including phenoxy) is 2. The smallest absolute Gasteiger partial charge is 0.152 e. The third-order valence-corrected chi connectivity index (χ3v) is 4.63. The monoisotopic (exact) mass is 290 g/mol. The highest BCUT2D eigenvalue weighted by molar-refractivity contribution is 7.09. The summed E-state index contributed by atoms with van der Waals surface area (Å²) in [7, 11) is 3.65. The highest BCUT2D eigenvalue weighted by Crippen LogP contribution is 2.42. The molecule has 0 saturated heterocycles. The van der Waals surface area contributed by atoms with Crippen LogP contribution in [0.3, 0.4) is 0 Å². The summed E-state index contributed by atoms with van der Waals surface area (Å²) in [4.78, 5) is 4.55. The first-order chi connectivity index (χ1) is 9.71. The van der Waals surface area contributed by atoms with E-state index >= 15 is 0 Å². The number of hydrogen-bond acceptors (Lipinski definition) is 5. The van der Waals surface area contributed by atoms with Gasteiger partial charge in [0.25, 0.3) is 0 Å². The van der Waals surface area contributed by atoms with Crippen LogP contribution in [0.25, 0.3) is 0 Å². The van der Waals surface area contributed by atoms with Crippen molar-refractivity contribution in [1.82, 2.24) is 10.3 Å². The van der Waals surface area contributed by atoms with E-state index in [-0.39, 0.29) is 12.1 Å². The van der Waals surface area contributed by atoms with Gasteiger partial charge in [-0.3, -0.25) is 0 Å². The van der Waals surface area contributed by atoms with Crippen LogP contribution in [-0.2, 0) is 0 Å². The number of rotatable bonds is 3. The molecule has 1 N–H and O–H groups in total. The van der Waals surface area contributed by atoms with Crippen molar-refractivity contribution in [3.63, 3.8) is 0 Å². The van der Waals surface area contributed by atoms with Crippen molar-refractivity contribution in [1.29, 1.82) is 0 Å². The molecule has 4 nitrogen and oxygen atoms in total. The van der Waals surface area contributed by atoms with Crippen molar-refractivity contribution in [2.24, 2.45) is 0 Å². The first kappa shape index (κ1) is 13.4. The average Bonchev–Trinajstić information content (AvgIpc) is 2.92. The largest absolute Gasteiger partial charge is 0.497 e. The molecule has 0 radical (unpaired) electrons. The van der Waals surface area contributed by atoms with Crippen molar-refractivity contribution in [3.05, 3.63) is 39.8 Å². The molecule has 2 atom stereocenters. The first-order valence-electron chi connectivity index (χ1n) is 6.65. The molecular weight excluding hydrogens is 272 g/mol. The van der Waals surface area contributed by atoms with Gasteiger partial charge in [-0.15, -0.1) is 11.3 Å².